The van der Waals surface area contributed by atoms with Crippen molar-refractivity contribution in [2.24, 2.45) is 11.8 Å². The van der Waals surface area contributed by atoms with Crippen LogP contribution < -0.4 is 9.80 Å². The molecule has 8 nitrogen and oxygen atoms in total. The zero-order chi connectivity index (χ0) is 41.8. The Labute approximate surface area is 347 Å². The largest absolute Gasteiger partial charge is 0.460 e. The van der Waals surface area contributed by atoms with Crippen molar-refractivity contribution in [3.63, 3.8) is 0 Å². The summed E-state index contributed by atoms with van der Waals surface area (Å²) < 4.78 is 12.1. The second kappa shape index (κ2) is 20.7. The van der Waals surface area contributed by atoms with Crippen molar-refractivity contribution in [3.05, 3.63) is 56.7 Å². The molecule has 0 radical (unpaired) electrons. The number of hydrogen-bond acceptors (Lipinski definition) is 8. The fraction of sp³-hybridized carbons (Fsp3) is 0.545. The Morgan fingerprint density at radius 2 is 1.09 bits per heavy atom. The SMILES string of the molecule is C#C[Si](C)(C)C.CC(C)(C)OC(=O)C1CCN(c2cc(C#C[Si](C)(C)C)ccc2C=O)CC1.CC(C)(C)OC(=O)C1CCN(c2cc(I)ccc2C=O)CC1. The number of piperidine rings is 2. The molecule has 11 heteroatoms. The van der Waals surface area contributed by atoms with E-state index in [9.17, 15) is 19.2 Å². The first kappa shape index (κ1) is 47.8. The van der Waals surface area contributed by atoms with E-state index in [-0.39, 0.29) is 23.8 Å². The third-order valence-corrected chi connectivity index (χ3v) is 10.9. The lowest BCUT2D eigenvalue weighted by atomic mass is 9.95. The summed E-state index contributed by atoms with van der Waals surface area (Å²) >= 11 is 2.25. The van der Waals surface area contributed by atoms with E-state index in [0.717, 1.165) is 84.9 Å². The van der Waals surface area contributed by atoms with Crippen LogP contribution in [0.4, 0.5) is 11.4 Å². The molecule has 2 fully saturated rings. The van der Waals surface area contributed by atoms with Crippen molar-refractivity contribution in [3.8, 4) is 23.4 Å². The van der Waals surface area contributed by atoms with Gasteiger partial charge in [0.05, 0.1) is 11.8 Å². The minimum atomic E-state index is -1.46. The topological polar surface area (TPSA) is 93.2 Å². The highest BCUT2D eigenvalue weighted by Gasteiger charge is 2.31. The van der Waals surface area contributed by atoms with Gasteiger partial charge in [0.25, 0.3) is 0 Å². The number of esters is 2. The highest BCUT2D eigenvalue weighted by molar-refractivity contribution is 14.1. The molecule has 4 rings (SSSR count). The maximum atomic E-state index is 12.3. The van der Waals surface area contributed by atoms with Gasteiger partial charge in [-0.1, -0.05) is 45.2 Å². The van der Waals surface area contributed by atoms with Crippen LogP contribution in [0.2, 0.25) is 39.3 Å². The molecule has 2 heterocycles. The third kappa shape index (κ3) is 18.0. The van der Waals surface area contributed by atoms with Gasteiger partial charge in [0.15, 0.2) is 12.6 Å². The Morgan fingerprint density at radius 1 is 0.709 bits per heavy atom. The summed E-state index contributed by atoms with van der Waals surface area (Å²) in [6.07, 6.45) is 9.90. The summed E-state index contributed by atoms with van der Waals surface area (Å²) in [5.41, 5.74) is 9.41. The van der Waals surface area contributed by atoms with Crippen molar-refractivity contribution in [2.75, 3.05) is 36.0 Å². The number of carbonyl (C=O) groups is 4. The quantitative estimate of drug-likeness (QED) is 0.0932. The highest BCUT2D eigenvalue weighted by Crippen LogP contribution is 2.30. The summed E-state index contributed by atoms with van der Waals surface area (Å²) in [5, 5.41) is 0. The molecule has 300 valence electrons. The molecule has 0 aliphatic carbocycles. The average Bonchev–Trinajstić information content (AvgIpc) is 3.09. The van der Waals surface area contributed by atoms with E-state index in [2.05, 4.69) is 88.7 Å². The number of halogens is 1. The van der Waals surface area contributed by atoms with Crippen molar-refractivity contribution >= 4 is 74.6 Å². The van der Waals surface area contributed by atoms with Crippen LogP contribution in [0.3, 0.4) is 0 Å². The van der Waals surface area contributed by atoms with Crippen LogP contribution in [-0.2, 0) is 19.1 Å². The van der Waals surface area contributed by atoms with Crippen molar-refractivity contribution in [1.29, 1.82) is 0 Å². The fourth-order valence-electron chi connectivity index (χ4n) is 5.63. The standard InChI is InChI=1S/C22H31NO3Si.C17H22INO3.C5H10Si/c1-22(2,3)26-21(25)18-9-12-23(13-10-18)20-15-17(7-8-19(20)16-24)11-14-27(4,5)6;1-17(2,3)22-16(21)12-6-8-19(9-7-12)15-10-14(18)5-4-13(15)11-20;1-5-6(2,3)4/h7-8,15-16,18H,9-10,12-13H2,1-6H3;4-5,10-12H,6-9H2,1-3H3;1H,2-4H3. The molecule has 2 aliphatic rings. The van der Waals surface area contributed by atoms with Gasteiger partial charge in [-0.25, -0.2) is 0 Å². The van der Waals surface area contributed by atoms with E-state index in [1.807, 2.05) is 77.9 Å². The van der Waals surface area contributed by atoms with E-state index < -0.39 is 27.3 Å². The van der Waals surface area contributed by atoms with E-state index in [0.29, 0.717) is 11.1 Å². The molecule has 2 aromatic carbocycles. The molecule has 2 saturated heterocycles. The molecular weight excluding hydrogens is 836 g/mol. The van der Waals surface area contributed by atoms with Crippen LogP contribution >= 0.6 is 22.6 Å². The lowest BCUT2D eigenvalue weighted by molar-refractivity contribution is -0.161. The Bertz CT molecular complexity index is 1730. The van der Waals surface area contributed by atoms with Gasteiger partial charge in [0.1, 0.15) is 27.3 Å². The maximum absolute atomic E-state index is 12.3. The summed E-state index contributed by atoms with van der Waals surface area (Å²) in [5.74, 6) is 2.92. The van der Waals surface area contributed by atoms with Gasteiger partial charge >= 0.3 is 11.9 Å². The highest BCUT2D eigenvalue weighted by atomic mass is 127. The zero-order valence-corrected chi connectivity index (χ0v) is 39.4. The average molecular weight is 899 g/mol. The lowest BCUT2D eigenvalue weighted by Gasteiger charge is -2.34. The minimum absolute atomic E-state index is 0.0436. The van der Waals surface area contributed by atoms with E-state index in [4.69, 9.17) is 15.9 Å². The third-order valence-electron chi connectivity index (χ3n) is 8.44. The smallest absolute Gasteiger partial charge is 0.309 e. The first-order chi connectivity index (χ1) is 25.3. The second-order valence-electron chi connectivity index (χ2n) is 18.2. The molecule has 0 atom stereocenters. The fourth-order valence-corrected chi connectivity index (χ4v) is 6.62. The molecule has 2 aliphatic heterocycles. The molecule has 0 amide bonds. The number of hydrogen-bond donors (Lipinski definition) is 0. The first-order valence-corrected chi connectivity index (χ1v) is 27.2. The number of terminal acetylenes is 1. The molecule has 0 bridgehead atoms. The normalized spacial score (nSPS) is 15.4. The van der Waals surface area contributed by atoms with Crippen LogP contribution in [0.25, 0.3) is 0 Å². The predicted octanol–water partition coefficient (Wildman–Crippen LogP) is 9.44. The van der Waals surface area contributed by atoms with Gasteiger partial charge in [-0.3, -0.25) is 19.2 Å². The van der Waals surface area contributed by atoms with Gasteiger partial charge in [-0.2, -0.15) is 0 Å². The summed E-state index contributed by atoms with van der Waals surface area (Å²) in [6.45, 7) is 27.4. The lowest BCUT2D eigenvalue weighted by Crippen LogP contribution is -2.39. The van der Waals surface area contributed by atoms with Crippen LogP contribution in [0, 0.1) is 38.8 Å². The number of nitrogens with zero attached hydrogens (tertiary/aromatic N) is 2. The Kier molecular flexibility index (Phi) is 18.0. The van der Waals surface area contributed by atoms with Gasteiger partial charge < -0.3 is 19.3 Å². The van der Waals surface area contributed by atoms with Crippen molar-refractivity contribution in [1.82, 2.24) is 0 Å². The number of benzene rings is 2. The van der Waals surface area contributed by atoms with Crippen LogP contribution in [0.1, 0.15) is 93.5 Å². The van der Waals surface area contributed by atoms with Crippen molar-refractivity contribution < 1.29 is 28.7 Å². The number of carbonyl (C=O) groups excluding carboxylic acids is 4. The molecule has 0 N–H and O–H groups in total. The van der Waals surface area contributed by atoms with Gasteiger partial charge in [0, 0.05) is 57.8 Å². The minimum Gasteiger partial charge on any atom is -0.460 e. The van der Waals surface area contributed by atoms with Crippen molar-refractivity contribution in [2.45, 2.75) is 118 Å². The maximum Gasteiger partial charge on any atom is 0.309 e. The van der Waals surface area contributed by atoms with E-state index in [1.165, 1.54) is 0 Å². The number of rotatable bonds is 6. The van der Waals surface area contributed by atoms with Crippen LogP contribution in [0.15, 0.2) is 36.4 Å². The Hall–Kier alpha value is -3.40. The predicted molar refractivity (Wildman–Crippen MR) is 240 cm³/mol. The summed E-state index contributed by atoms with van der Waals surface area (Å²) in [7, 11) is -2.56. The summed E-state index contributed by atoms with van der Waals surface area (Å²) in [6, 6.07) is 11.6. The zero-order valence-electron chi connectivity index (χ0n) is 35.2. The molecule has 0 spiro atoms. The number of anilines is 2. The number of aldehydes is 2. The molecule has 2 aromatic rings. The van der Waals surface area contributed by atoms with E-state index in [1.54, 1.807) is 0 Å². The number of ether oxygens (including phenoxy) is 2. The molecule has 0 aromatic heterocycles. The molecule has 0 unspecified atom stereocenters. The molecule has 0 saturated carbocycles. The monoisotopic (exact) mass is 898 g/mol. The van der Waals surface area contributed by atoms with E-state index >= 15 is 0 Å². The summed E-state index contributed by atoms with van der Waals surface area (Å²) in [4.78, 5) is 51.5. The molecular formula is C44H63IN2O6Si2. The Morgan fingerprint density at radius 3 is 1.44 bits per heavy atom. The van der Waals surface area contributed by atoms with Gasteiger partial charge in [-0.15, -0.1) is 17.5 Å². The van der Waals surface area contributed by atoms with Crippen LogP contribution in [-0.4, -0.2) is 78.0 Å². The van der Waals surface area contributed by atoms with Gasteiger partial charge in [0.2, 0.25) is 0 Å². The Balaban J connectivity index is 0.000000336. The van der Waals surface area contributed by atoms with Crippen LogP contribution in [0.5, 0.6) is 0 Å². The second-order valence-corrected chi connectivity index (χ2v) is 29.0. The molecule has 55 heavy (non-hydrogen) atoms. The van der Waals surface area contributed by atoms with Gasteiger partial charge in [-0.05, 0) is 126 Å². The first-order valence-electron chi connectivity index (χ1n) is 19.1.